The van der Waals surface area contributed by atoms with Crippen molar-refractivity contribution in [2.45, 2.75) is 107 Å². The number of aromatic amines is 1. The first-order valence-corrected chi connectivity index (χ1v) is 29.9. The van der Waals surface area contributed by atoms with Crippen molar-refractivity contribution >= 4 is 55.4 Å². The number of aromatic nitrogens is 2. The zero-order valence-electron chi connectivity index (χ0n) is 45.3. The van der Waals surface area contributed by atoms with Gasteiger partial charge in [-0.1, -0.05) is 48.5 Å². The van der Waals surface area contributed by atoms with Gasteiger partial charge in [0.2, 0.25) is 5.88 Å². The van der Waals surface area contributed by atoms with Gasteiger partial charge in [0.25, 0.3) is 21.6 Å². The van der Waals surface area contributed by atoms with E-state index in [1.54, 1.807) is 6.07 Å². The second-order valence-electron chi connectivity index (χ2n) is 23.1. The van der Waals surface area contributed by atoms with E-state index in [0.29, 0.717) is 61.8 Å². The van der Waals surface area contributed by atoms with Crippen LogP contribution < -0.4 is 34.0 Å². The van der Waals surface area contributed by atoms with Crippen molar-refractivity contribution in [3.8, 4) is 17.4 Å². The Labute approximate surface area is 466 Å². The number of hydrogen-bond acceptors (Lipinski definition) is 16. The van der Waals surface area contributed by atoms with Crippen LogP contribution >= 0.6 is 0 Å². The van der Waals surface area contributed by atoms with Crippen molar-refractivity contribution in [1.82, 2.24) is 24.5 Å². The summed E-state index contributed by atoms with van der Waals surface area (Å²) >= 11 is 0. The molecule has 5 fully saturated rings. The molecular formula is C60H69N9O10S. The standard InChI is InChI=1S/C60H69N9O10S/c1-38(2)78-53-11-7-6-10-45(53)52-35-65(34-39-8-4-3-5-9-39)23-24-67(52)43-32-60(33-43)18-21-66(22-19-60)42-12-13-46(49(29-42)68-48-17-27-76-37-55(48)79-59-51(68)28-41-14-20-61-57(41)63-59)58(70)64-80(73,74)44-30-50(69(71)72)56-54(31-44)77-36-47(62-56)40-15-25-75-26-16-40/h3-14,20,28-31,38,40,43,47-48,52,55,62H,15-19,21-27,32-37H2,1-2H3,(H,61,63)(H,64,70)/t47-,48-,52-,55-/m0/s1. The highest BCUT2D eigenvalue weighted by molar-refractivity contribution is 7.90. The Morgan fingerprint density at radius 1 is 0.900 bits per heavy atom. The summed E-state index contributed by atoms with van der Waals surface area (Å²) in [6.45, 7) is 11.7. The SMILES string of the molecule is CC(C)Oc1ccccc1[C@@H]1CN(Cc2ccccc2)CCN1C1CC2(CCN(c3ccc(C(=O)NS(=O)(=O)c4cc5c(c([N+](=O)[O-])c4)N[C@H](C4CCOCC4)CO5)c(N4c5cc6cc[nH]c6nc5O[C@H]5COCC[C@@H]54)c3)CC2)C1. The van der Waals surface area contributed by atoms with Crippen LogP contribution in [-0.2, 0) is 26.0 Å². The maximum Gasteiger partial charge on any atom is 0.297 e. The van der Waals surface area contributed by atoms with E-state index in [0.717, 1.165) is 101 Å². The number of piperidine rings is 1. The summed E-state index contributed by atoms with van der Waals surface area (Å²) in [6, 6.07) is 31.2. The molecule has 0 radical (unpaired) electrons. The molecule has 80 heavy (non-hydrogen) atoms. The van der Waals surface area contributed by atoms with Crippen LogP contribution in [0.2, 0.25) is 0 Å². The molecule has 0 bridgehead atoms. The predicted molar refractivity (Wildman–Crippen MR) is 303 cm³/mol. The molecular weight excluding hydrogens is 1040 g/mol. The Kier molecular flexibility index (Phi) is 14.1. The van der Waals surface area contributed by atoms with Gasteiger partial charge in [0.1, 0.15) is 29.8 Å². The van der Waals surface area contributed by atoms with Crippen LogP contribution in [-0.4, -0.2) is 135 Å². The highest BCUT2D eigenvalue weighted by Crippen LogP contribution is 2.54. The lowest BCUT2D eigenvalue weighted by Crippen LogP contribution is -2.59. The van der Waals surface area contributed by atoms with Gasteiger partial charge in [0.15, 0.2) is 11.4 Å². The number of nitrogens with zero attached hydrogens (tertiary/aromatic N) is 6. The van der Waals surface area contributed by atoms with Gasteiger partial charge in [0, 0.05) is 100 Å². The van der Waals surface area contributed by atoms with Gasteiger partial charge in [-0.25, -0.2) is 13.1 Å². The molecule has 1 amide bonds. The third kappa shape index (κ3) is 10.2. The number of nitrogens with one attached hydrogen (secondary N) is 3. The number of carbonyl (C=O) groups is 1. The van der Waals surface area contributed by atoms with Crippen molar-refractivity contribution < 1.29 is 41.8 Å². The molecule has 4 aromatic carbocycles. The number of ether oxygens (including phenoxy) is 5. The summed E-state index contributed by atoms with van der Waals surface area (Å²) in [5.74, 6) is 0.618. The lowest BCUT2D eigenvalue weighted by Gasteiger charge is -2.58. The predicted octanol–water partition coefficient (Wildman–Crippen LogP) is 8.97. The topological polar surface area (TPSA) is 206 Å². The second kappa shape index (κ2) is 21.5. The van der Waals surface area contributed by atoms with E-state index in [2.05, 4.69) is 103 Å². The van der Waals surface area contributed by atoms with Crippen LogP contribution in [0.1, 0.15) is 86.3 Å². The van der Waals surface area contributed by atoms with Crippen LogP contribution in [0.5, 0.6) is 17.4 Å². The Hall–Kier alpha value is -6.97. The molecule has 1 aliphatic carbocycles. The number of pyridine rings is 1. The molecule has 2 aromatic heterocycles. The number of para-hydroxylation sites is 1. The Morgan fingerprint density at radius 3 is 2.49 bits per heavy atom. The van der Waals surface area contributed by atoms with Crippen molar-refractivity contribution in [3.05, 3.63) is 130 Å². The van der Waals surface area contributed by atoms with E-state index in [9.17, 15) is 23.3 Å². The van der Waals surface area contributed by atoms with Crippen LogP contribution in [0.25, 0.3) is 11.0 Å². The molecule has 4 saturated heterocycles. The van der Waals surface area contributed by atoms with Crippen molar-refractivity contribution in [3.63, 3.8) is 0 Å². The van der Waals surface area contributed by atoms with Crippen molar-refractivity contribution in [1.29, 1.82) is 0 Å². The van der Waals surface area contributed by atoms with Crippen LogP contribution in [0.3, 0.4) is 0 Å². The minimum absolute atomic E-state index is 0.0275. The molecule has 420 valence electrons. The quantitative estimate of drug-likeness (QED) is 0.0729. The maximum absolute atomic E-state index is 14.9. The molecule has 19 nitrogen and oxygen atoms in total. The number of amides is 1. The third-order valence-corrected chi connectivity index (χ3v) is 19.2. The molecule has 6 aromatic rings. The van der Waals surface area contributed by atoms with Gasteiger partial charge >= 0.3 is 0 Å². The van der Waals surface area contributed by atoms with E-state index in [-0.39, 0.29) is 59.2 Å². The molecule has 1 saturated carbocycles. The van der Waals surface area contributed by atoms with Gasteiger partial charge < -0.3 is 43.8 Å². The molecule has 1 spiro atoms. The van der Waals surface area contributed by atoms with E-state index in [4.69, 9.17) is 28.7 Å². The fourth-order valence-electron chi connectivity index (χ4n) is 13.7. The van der Waals surface area contributed by atoms with E-state index < -0.39 is 37.5 Å². The Morgan fingerprint density at radius 2 is 1.69 bits per heavy atom. The Bertz CT molecular complexity index is 3390. The number of piperazine rings is 1. The fraction of sp³-hybridized carbons (Fsp3) is 0.467. The summed E-state index contributed by atoms with van der Waals surface area (Å²) in [4.78, 5) is 44.3. The van der Waals surface area contributed by atoms with Gasteiger partial charge in [-0.05, 0) is 112 Å². The average Bonchev–Trinajstić information content (AvgIpc) is 3.96. The Balaban J connectivity index is 0.777. The molecule has 4 atom stereocenters. The third-order valence-electron chi connectivity index (χ3n) is 17.9. The first kappa shape index (κ1) is 52.4. The van der Waals surface area contributed by atoms with Crippen LogP contribution in [0.4, 0.5) is 28.4 Å². The highest BCUT2D eigenvalue weighted by Gasteiger charge is 2.51. The second-order valence-corrected chi connectivity index (χ2v) is 24.8. The normalized spacial score (nSPS) is 23.5. The summed E-state index contributed by atoms with van der Waals surface area (Å²) in [6.07, 6.45) is 7.77. The lowest BCUT2D eigenvalue weighted by molar-refractivity contribution is -0.384. The summed E-state index contributed by atoms with van der Waals surface area (Å²) < 4.78 is 61.8. The number of benzene rings is 4. The molecule has 6 aliphatic heterocycles. The number of sulfonamides is 1. The first-order valence-electron chi connectivity index (χ1n) is 28.4. The number of fused-ring (bicyclic) bond motifs is 4. The number of nitro benzene ring substituents is 1. The summed E-state index contributed by atoms with van der Waals surface area (Å²) in [5, 5.41) is 16.7. The summed E-state index contributed by atoms with van der Waals surface area (Å²) in [7, 11) is -4.71. The fourth-order valence-corrected chi connectivity index (χ4v) is 14.7. The largest absolute Gasteiger partial charge is 0.491 e. The molecule has 8 heterocycles. The number of nitro groups is 1. The number of rotatable bonds is 13. The molecule has 3 N–H and O–H groups in total. The highest BCUT2D eigenvalue weighted by atomic mass is 32.2. The van der Waals surface area contributed by atoms with E-state index >= 15 is 0 Å². The van der Waals surface area contributed by atoms with E-state index in [1.165, 1.54) is 17.2 Å². The monoisotopic (exact) mass is 1110 g/mol. The maximum atomic E-state index is 14.9. The number of hydrogen-bond donors (Lipinski definition) is 3. The molecule has 13 rings (SSSR count). The summed E-state index contributed by atoms with van der Waals surface area (Å²) in [5.41, 5.74) is 5.18. The zero-order chi connectivity index (χ0) is 54.7. The van der Waals surface area contributed by atoms with Gasteiger partial charge in [-0.3, -0.25) is 24.7 Å². The van der Waals surface area contributed by atoms with Gasteiger partial charge in [-0.2, -0.15) is 4.98 Å². The molecule has 20 heteroatoms. The van der Waals surface area contributed by atoms with Crippen LogP contribution in [0.15, 0.2) is 108 Å². The van der Waals surface area contributed by atoms with Crippen molar-refractivity contribution in [2.24, 2.45) is 11.3 Å². The number of H-pyrrole nitrogens is 1. The van der Waals surface area contributed by atoms with Crippen LogP contribution in [0, 0.1) is 21.4 Å². The zero-order valence-corrected chi connectivity index (χ0v) is 46.1. The van der Waals surface area contributed by atoms with Crippen molar-refractivity contribution in [2.75, 3.05) is 80.9 Å². The van der Waals surface area contributed by atoms with Gasteiger partial charge in [0.05, 0.1) is 51.9 Å². The molecule has 7 aliphatic rings. The molecule has 0 unspecified atom stereocenters. The minimum Gasteiger partial charge on any atom is -0.491 e. The first-order chi connectivity index (χ1) is 38.8. The number of anilines is 4. The smallest absolute Gasteiger partial charge is 0.297 e. The number of carbonyl (C=O) groups excluding carboxylic acids is 1. The minimum atomic E-state index is -4.71. The van der Waals surface area contributed by atoms with Gasteiger partial charge in [-0.15, -0.1) is 0 Å². The lowest BCUT2D eigenvalue weighted by atomic mass is 9.59. The van der Waals surface area contributed by atoms with E-state index in [1.807, 2.05) is 30.5 Å². The average molecular weight is 1110 g/mol.